The van der Waals surface area contributed by atoms with Crippen LogP contribution in [0.2, 0.25) is 5.02 Å². The maximum atomic E-state index is 13.8. The van der Waals surface area contributed by atoms with Gasteiger partial charge >= 0.3 is 0 Å². The molecule has 0 bridgehead atoms. The molecule has 2 amide bonds. The van der Waals surface area contributed by atoms with Crippen LogP contribution >= 0.6 is 22.9 Å². The Morgan fingerprint density at radius 1 is 1.32 bits per heavy atom. The lowest BCUT2D eigenvalue weighted by molar-refractivity contribution is -0.124. The van der Waals surface area contributed by atoms with Gasteiger partial charge in [-0.25, -0.2) is 9.37 Å². The second-order valence-corrected chi connectivity index (χ2v) is 9.77. The van der Waals surface area contributed by atoms with Crippen molar-refractivity contribution in [1.29, 1.82) is 0 Å². The molecule has 5 rings (SSSR count). The van der Waals surface area contributed by atoms with Crippen LogP contribution in [0.25, 0.3) is 10.2 Å². The number of fused-ring (bicyclic) bond motifs is 1. The second kappa shape index (κ2) is 9.48. The fourth-order valence-electron chi connectivity index (χ4n) is 4.44. The van der Waals surface area contributed by atoms with E-state index in [1.54, 1.807) is 36.3 Å². The highest BCUT2D eigenvalue weighted by Gasteiger charge is 2.39. The molecule has 0 spiro atoms. The van der Waals surface area contributed by atoms with Crippen molar-refractivity contribution < 1.29 is 23.5 Å². The zero-order valence-electron chi connectivity index (χ0n) is 18.5. The lowest BCUT2D eigenvalue weighted by Gasteiger charge is -2.25. The van der Waals surface area contributed by atoms with E-state index in [1.165, 1.54) is 28.4 Å². The molecule has 3 aromatic rings. The monoisotopic (exact) mass is 503 g/mol. The van der Waals surface area contributed by atoms with E-state index in [1.807, 2.05) is 0 Å². The van der Waals surface area contributed by atoms with E-state index in [0.29, 0.717) is 40.3 Å². The quantitative estimate of drug-likeness (QED) is 0.489. The van der Waals surface area contributed by atoms with Crippen LogP contribution < -0.4 is 14.5 Å². The number of carbonyl (C=O) groups is 2. The number of benzene rings is 2. The lowest BCUT2D eigenvalue weighted by atomic mass is 10.1. The average molecular weight is 504 g/mol. The van der Waals surface area contributed by atoms with Gasteiger partial charge in [0.05, 0.1) is 35.4 Å². The number of methoxy groups -OCH3 is 1. The van der Waals surface area contributed by atoms with Gasteiger partial charge in [-0.2, -0.15) is 0 Å². The van der Waals surface area contributed by atoms with Crippen molar-refractivity contribution in [1.82, 2.24) is 4.98 Å². The lowest BCUT2D eigenvalue weighted by Crippen LogP contribution is -2.42. The Balaban J connectivity index is 1.46. The minimum Gasteiger partial charge on any atom is -0.494 e. The largest absolute Gasteiger partial charge is 0.494 e. The van der Waals surface area contributed by atoms with E-state index in [0.717, 1.165) is 17.5 Å². The molecule has 10 heteroatoms. The Hall–Kier alpha value is -2.75. The molecule has 0 N–H and O–H groups in total. The van der Waals surface area contributed by atoms with Crippen molar-refractivity contribution in [3.63, 3.8) is 0 Å². The van der Waals surface area contributed by atoms with Crippen LogP contribution in [0.1, 0.15) is 19.3 Å². The van der Waals surface area contributed by atoms with Crippen LogP contribution in [-0.2, 0) is 14.3 Å². The van der Waals surface area contributed by atoms with Crippen LogP contribution in [0.3, 0.4) is 0 Å². The molecular formula is C24H23ClFN3O4S. The zero-order chi connectivity index (χ0) is 23.8. The highest BCUT2D eigenvalue weighted by molar-refractivity contribution is 7.23. The first-order valence-electron chi connectivity index (χ1n) is 11.1. The maximum Gasteiger partial charge on any atom is 0.234 e. The van der Waals surface area contributed by atoms with Gasteiger partial charge in [0, 0.05) is 25.3 Å². The van der Waals surface area contributed by atoms with Gasteiger partial charge < -0.3 is 14.4 Å². The van der Waals surface area contributed by atoms with Gasteiger partial charge in [-0.05, 0) is 49.2 Å². The summed E-state index contributed by atoms with van der Waals surface area (Å²) in [5, 5.41) is 1.03. The van der Waals surface area contributed by atoms with Gasteiger partial charge in [0.25, 0.3) is 0 Å². The summed E-state index contributed by atoms with van der Waals surface area (Å²) in [5.74, 6) is -0.720. The first-order valence-corrected chi connectivity index (χ1v) is 12.3. The van der Waals surface area contributed by atoms with Gasteiger partial charge in [0.1, 0.15) is 17.1 Å². The molecule has 0 radical (unpaired) electrons. The standard InChI is InChI=1S/C24H23ClFN3O4S/c1-32-19-9-8-18(25)22-21(19)27-24(34-22)29(13-17-3-2-10-33-17)23(31)14-11-20(30)28(12-14)16-6-4-15(26)5-7-16/h4-9,14,17H,2-3,10-13H2,1H3. The number of amides is 2. The van der Waals surface area contributed by atoms with Gasteiger partial charge in [-0.15, -0.1) is 0 Å². The van der Waals surface area contributed by atoms with E-state index in [2.05, 4.69) is 0 Å². The third-order valence-corrected chi connectivity index (χ3v) is 7.73. The minimum atomic E-state index is -0.552. The number of halogens is 2. The fraction of sp³-hybridized carbons (Fsp3) is 0.375. The summed E-state index contributed by atoms with van der Waals surface area (Å²) in [5.41, 5.74) is 1.17. The average Bonchev–Trinajstić information content (AvgIpc) is 3.58. The Morgan fingerprint density at radius 2 is 2.12 bits per heavy atom. The minimum absolute atomic E-state index is 0.0766. The smallest absolute Gasteiger partial charge is 0.234 e. The van der Waals surface area contributed by atoms with E-state index >= 15 is 0 Å². The molecule has 3 heterocycles. The number of anilines is 2. The van der Waals surface area contributed by atoms with Crippen LogP contribution in [0.15, 0.2) is 36.4 Å². The molecule has 2 aromatic carbocycles. The van der Waals surface area contributed by atoms with Crippen molar-refractivity contribution in [2.75, 3.05) is 36.6 Å². The maximum absolute atomic E-state index is 13.8. The first-order chi connectivity index (χ1) is 16.4. The Morgan fingerprint density at radius 3 is 2.82 bits per heavy atom. The molecule has 2 saturated heterocycles. The molecule has 2 atom stereocenters. The van der Waals surface area contributed by atoms with E-state index in [-0.39, 0.29) is 36.7 Å². The molecule has 2 fully saturated rings. The number of carbonyl (C=O) groups excluding carboxylic acids is 2. The van der Waals surface area contributed by atoms with Crippen LogP contribution in [0.5, 0.6) is 5.75 Å². The van der Waals surface area contributed by atoms with Crippen LogP contribution in [0, 0.1) is 11.7 Å². The number of hydrogen-bond donors (Lipinski definition) is 0. The summed E-state index contributed by atoms with van der Waals surface area (Å²) in [6.45, 7) is 1.23. The number of thiazole rings is 1. The highest BCUT2D eigenvalue weighted by Crippen LogP contribution is 2.40. The predicted molar refractivity (Wildman–Crippen MR) is 129 cm³/mol. The molecule has 0 saturated carbocycles. The molecule has 2 aliphatic rings. The predicted octanol–water partition coefficient (Wildman–Crippen LogP) is 4.66. The Labute approximate surface area is 205 Å². The van der Waals surface area contributed by atoms with Gasteiger partial charge in [0.2, 0.25) is 11.8 Å². The first kappa shape index (κ1) is 23.0. The van der Waals surface area contributed by atoms with E-state index < -0.39 is 5.92 Å². The van der Waals surface area contributed by atoms with Gasteiger partial charge in [-0.3, -0.25) is 14.5 Å². The normalized spacial score (nSPS) is 20.3. The molecule has 0 aliphatic carbocycles. The summed E-state index contributed by atoms with van der Waals surface area (Å²) in [7, 11) is 1.56. The molecule has 1 aromatic heterocycles. The fourth-order valence-corrected chi connectivity index (χ4v) is 5.71. The second-order valence-electron chi connectivity index (χ2n) is 8.39. The number of aromatic nitrogens is 1. The topological polar surface area (TPSA) is 72.0 Å². The number of rotatable bonds is 6. The molecular weight excluding hydrogens is 481 g/mol. The summed E-state index contributed by atoms with van der Waals surface area (Å²) in [6, 6.07) is 9.20. The highest BCUT2D eigenvalue weighted by atomic mass is 35.5. The zero-order valence-corrected chi connectivity index (χ0v) is 20.1. The van der Waals surface area contributed by atoms with Gasteiger partial charge in [0.15, 0.2) is 5.13 Å². The number of hydrogen-bond acceptors (Lipinski definition) is 6. The number of nitrogens with zero attached hydrogens (tertiary/aromatic N) is 3. The van der Waals surface area contributed by atoms with Crippen molar-refractivity contribution in [2.45, 2.75) is 25.4 Å². The summed E-state index contributed by atoms with van der Waals surface area (Å²) in [4.78, 5) is 34.4. The third kappa shape index (κ3) is 4.35. The molecule has 34 heavy (non-hydrogen) atoms. The van der Waals surface area contributed by atoms with Crippen LogP contribution in [0.4, 0.5) is 15.2 Å². The molecule has 7 nitrogen and oxygen atoms in total. The van der Waals surface area contributed by atoms with E-state index in [9.17, 15) is 14.0 Å². The van der Waals surface area contributed by atoms with Crippen LogP contribution in [-0.4, -0.2) is 49.7 Å². The summed E-state index contributed by atoms with van der Waals surface area (Å²) < 4.78 is 25.3. The SMILES string of the molecule is COc1ccc(Cl)c2sc(N(CC3CCCO3)C(=O)C3CC(=O)N(c4ccc(F)cc4)C3)nc12. The van der Waals surface area contributed by atoms with E-state index in [4.69, 9.17) is 26.1 Å². The third-order valence-electron chi connectivity index (χ3n) is 6.19. The molecule has 2 unspecified atom stereocenters. The van der Waals surface area contributed by atoms with Crippen molar-refractivity contribution in [2.24, 2.45) is 5.92 Å². The summed E-state index contributed by atoms with van der Waals surface area (Å²) >= 11 is 7.72. The Kier molecular flexibility index (Phi) is 6.42. The number of ether oxygens (including phenoxy) is 2. The van der Waals surface area contributed by atoms with Crippen molar-refractivity contribution in [3.05, 3.63) is 47.2 Å². The van der Waals surface area contributed by atoms with Crippen molar-refractivity contribution >= 4 is 55.8 Å². The molecule has 2 aliphatic heterocycles. The van der Waals surface area contributed by atoms with Gasteiger partial charge in [-0.1, -0.05) is 22.9 Å². The summed E-state index contributed by atoms with van der Waals surface area (Å²) in [6.07, 6.45) is 1.77. The Bertz CT molecular complexity index is 1230. The van der Waals surface area contributed by atoms with Crippen molar-refractivity contribution in [3.8, 4) is 5.75 Å². The molecule has 178 valence electrons.